The van der Waals surface area contributed by atoms with Gasteiger partial charge in [0.15, 0.2) is 0 Å². The third kappa shape index (κ3) is 1.21. The minimum absolute atomic E-state index is 0.365. The minimum Gasteiger partial charge on any atom is -0.273 e. The lowest BCUT2D eigenvalue weighted by Gasteiger charge is -2.00. The molecule has 2 rings (SSSR count). The van der Waals surface area contributed by atoms with Crippen LogP contribution in [0.15, 0.2) is 35.3 Å². The summed E-state index contributed by atoms with van der Waals surface area (Å²) in [5, 5.41) is 5.02. The van der Waals surface area contributed by atoms with Gasteiger partial charge in [-0.05, 0) is 6.07 Å². The molecular weight excluding hydrogens is 180 g/mol. The molecule has 0 aliphatic heterocycles. The Hall–Kier alpha value is -1.97. The molecule has 4 nitrogen and oxygen atoms in total. The molecule has 0 unspecified atom stereocenters. The van der Waals surface area contributed by atoms with E-state index in [1.165, 1.54) is 13.1 Å². The minimum atomic E-state index is -0.374. The molecule has 1 aromatic carbocycles. The third-order valence-electron chi connectivity index (χ3n) is 1.99. The topological polar surface area (TPSA) is 52.0 Å². The van der Waals surface area contributed by atoms with Crippen molar-refractivity contribution in [1.29, 1.82) is 0 Å². The van der Waals surface area contributed by atoms with Crippen LogP contribution in [0.5, 0.6) is 0 Å². The summed E-state index contributed by atoms with van der Waals surface area (Å²) in [5.41, 5.74) is -0.365. The molecule has 0 aliphatic carbocycles. The van der Waals surface area contributed by atoms with Crippen LogP contribution in [-0.2, 0) is 0 Å². The van der Waals surface area contributed by atoms with Gasteiger partial charge < -0.3 is 0 Å². The number of rotatable bonds is 0. The molecule has 0 atom stereocenters. The summed E-state index contributed by atoms with van der Waals surface area (Å²) in [7, 11) is 0. The van der Waals surface area contributed by atoms with Crippen molar-refractivity contribution in [2.75, 3.05) is 0 Å². The summed E-state index contributed by atoms with van der Waals surface area (Å²) in [4.78, 5) is 22.7. The van der Waals surface area contributed by atoms with E-state index in [2.05, 4.69) is 5.10 Å². The van der Waals surface area contributed by atoms with E-state index in [9.17, 15) is 9.59 Å². The fourth-order valence-corrected chi connectivity index (χ4v) is 1.32. The quantitative estimate of drug-likeness (QED) is 0.621. The first-order valence-electron chi connectivity index (χ1n) is 4.18. The molecule has 0 N–H and O–H groups in total. The van der Waals surface area contributed by atoms with E-state index in [-0.39, 0.29) is 11.5 Å². The van der Waals surface area contributed by atoms with Gasteiger partial charge in [-0.3, -0.25) is 9.59 Å². The van der Waals surface area contributed by atoms with Crippen LogP contribution in [0.1, 0.15) is 11.7 Å². The summed E-state index contributed by atoms with van der Waals surface area (Å²) >= 11 is 0. The fourth-order valence-electron chi connectivity index (χ4n) is 1.32. The Balaban J connectivity index is 2.89. The van der Waals surface area contributed by atoms with Gasteiger partial charge in [-0.15, -0.1) is 0 Å². The molecule has 0 saturated heterocycles. The van der Waals surface area contributed by atoms with Gasteiger partial charge in [0.25, 0.3) is 5.56 Å². The predicted molar refractivity (Wildman–Crippen MR) is 52.3 cm³/mol. The summed E-state index contributed by atoms with van der Waals surface area (Å²) in [6.45, 7) is 1.31. The molecule has 1 heterocycles. The Morgan fingerprint density at radius 2 is 2.07 bits per heavy atom. The van der Waals surface area contributed by atoms with Crippen LogP contribution in [0.25, 0.3) is 10.8 Å². The highest BCUT2D eigenvalue weighted by molar-refractivity contribution is 5.83. The largest absolute Gasteiger partial charge is 0.281 e. The van der Waals surface area contributed by atoms with Crippen LogP contribution in [0.3, 0.4) is 0 Å². The molecule has 0 radical (unpaired) electrons. The van der Waals surface area contributed by atoms with Gasteiger partial charge in [0.1, 0.15) is 0 Å². The van der Waals surface area contributed by atoms with Gasteiger partial charge in [-0.1, -0.05) is 18.2 Å². The Morgan fingerprint density at radius 1 is 1.36 bits per heavy atom. The van der Waals surface area contributed by atoms with Crippen LogP contribution in [0.2, 0.25) is 0 Å². The van der Waals surface area contributed by atoms with Crippen molar-refractivity contribution in [3.05, 3.63) is 40.8 Å². The Morgan fingerprint density at radius 3 is 2.79 bits per heavy atom. The van der Waals surface area contributed by atoms with E-state index < -0.39 is 0 Å². The maximum atomic E-state index is 11.6. The first-order valence-corrected chi connectivity index (χ1v) is 4.18. The van der Waals surface area contributed by atoms with Crippen molar-refractivity contribution in [1.82, 2.24) is 9.78 Å². The van der Waals surface area contributed by atoms with Crippen LogP contribution in [0.4, 0.5) is 0 Å². The van der Waals surface area contributed by atoms with Crippen LogP contribution in [0, 0.1) is 0 Å². The van der Waals surface area contributed by atoms with Crippen molar-refractivity contribution < 1.29 is 4.79 Å². The third-order valence-corrected chi connectivity index (χ3v) is 1.99. The van der Waals surface area contributed by atoms with Crippen molar-refractivity contribution in [3.8, 4) is 0 Å². The maximum Gasteiger partial charge on any atom is 0.281 e. The number of carbonyl (C=O) groups is 1. The molecule has 0 bridgehead atoms. The molecule has 0 saturated carbocycles. The number of hydrogen-bond acceptors (Lipinski definition) is 3. The van der Waals surface area contributed by atoms with E-state index in [0.29, 0.717) is 5.39 Å². The van der Waals surface area contributed by atoms with Crippen LogP contribution < -0.4 is 5.56 Å². The maximum absolute atomic E-state index is 11.6. The lowest BCUT2D eigenvalue weighted by molar-refractivity contribution is 0.0915. The average molecular weight is 188 g/mol. The van der Waals surface area contributed by atoms with Gasteiger partial charge >= 0.3 is 0 Å². The predicted octanol–water partition coefficient (Wildman–Crippen LogP) is 1.06. The standard InChI is InChI=1S/C10H8N2O2/c1-7(13)12-10(14)9-5-3-2-4-8(9)6-11-12/h2-6H,1H3. The second-order valence-corrected chi connectivity index (χ2v) is 2.97. The Labute approximate surface area is 79.8 Å². The number of hydrogen-bond donors (Lipinski definition) is 0. The van der Waals surface area contributed by atoms with Gasteiger partial charge in [0.05, 0.1) is 11.6 Å². The first-order chi connectivity index (χ1) is 6.70. The van der Waals surface area contributed by atoms with E-state index in [0.717, 1.165) is 10.1 Å². The van der Waals surface area contributed by atoms with Crippen LogP contribution >= 0.6 is 0 Å². The molecule has 1 aromatic heterocycles. The summed E-state index contributed by atoms with van der Waals surface area (Å²) in [5.74, 6) is -0.374. The zero-order valence-corrected chi connectivity index (χ0v) is 7.60. The number of fused-ring (bicyclic) bond motifs is 1. The highest BCUT2D eigenvalue weighted by atomic mass is 16.2. The Kier molecular flexibility index (Phi) is 1.89. The fraction of sp³-hybridized carbons (Fsp3) is 0.100. The van der Waals surface area contributed by atoms with Crippen molar-refractivity contribution in [2.24, 2.45) is 0 Å². The van der Waals surface area contributed by atoms with E-state index in [4.69, 9.17) is 0 Å². The molecular formula is C10H8N2O2. The lowest BCUT2D eigenvalue weighted by atomic mass is 10.2. The normalized spacial score (nSPS) is 10.4. The van der Waals surface area contributed by atoms with Crippen molar-refractivity contribution in [3.63, 3.8) is 0 Å². The van der Waals surface area contributed by atoms with Gasteiger partial charge in [-0.2, -0.15) is 9.78 Å². The number of benzene rings is 1. The zero-order valence-electron chi connectivity index (χ0n) is 7.60. The van der Waals surface area contributed by atoms with Gasteiger partial charge in [0.2, 0.25) is 5.91 Å². The van der Waals surface area contributed by atoms with Crippen molar-refractivity contribution >= 4 is 16.7 Å². The smallest absolute Gasteiger partial charge is 0.273 e. The van der Waals surface area contributed by atoms with Crippen molar-refractivity contribution in [2.45, 2.75) is 6.92 Å². The summed E-state index contributed by atoms with van der Waals surface area (Å²) in [6.07, 6.45) is 1.51. The molecule has 0 fully saturated rings. The van der Waals surface area contributed by atoms with E-state index in [1.54, 1.807) is 18.2 Å². The van der Waals surface area contributed by atoms with Crippen LogP contribution in [-0.4, -0.2) is 15.7 Å². The SMILES string of the molecule is CC(=O)n1ncc2ccccc2c1=O. The highest BCUT2D eigenvalue weighted by Crippen LogP contribution is 2.05. The van der Waals surface area contributed by atoms with Gasteiger partial charge in [-0.25, -0.2) is 0 Å². The second-order valence-electron chi connectivity index (χ2n) is 2.97. The number of aromatic nitrogens is 2. The average Bonchev–Trinajstić information content (AvgIpc) is 2.18. The van der Waals surface area contributed by atoms with Gasteiger partial charge in [0, 0.05) is 12.3 Å². The molecule has 4 heteroatoms. The summed E-state index contributed by atoms with van der Waals surface area (Å²) < 4.78 is 0.863. The monoisotopic (exact) mass is 188 g/mol. The molecule has 0 spiro atoms. The highest BCUT2D eigenvalue weighted by Gasteiger charge is 2.05. The Bertz CT molecular complexity index is 557. The first kappa shape index (κ1) is 8.62. The molecule has 14 heavy (non-hydrogen) atoms. The molecule has 2 aromatic rings. The molecule has 70 valence electrons. The number of nitrogens with zero attached hydrogens (tertiary/aromatic N) is 2. The lowest BCUT2D eigenvalue weighted by Crippen LogP contribution is -2.26. The number of carbonyl (C=O) groups excluding carboxylic acids is 1. The van der Waals surface area contributed by atoms with E-state index in [1.807, 2.05) is 6.07 Å². The zero-order chi connectivity index (χ0) is 10.1. The molecule has 0 amide bonds. The molecule has 0 aliphatic rings. The second kappa shape index (κ2) is 3.06. The van der Waals surface area contributed by atoms with E-state index >= 15 is 0 Å². The summed E-state index contributed by atoms with van der Waals surface area (Å²) in [6, 6.07) is 7.04.